The third kappa shape index (κ3) is 11.5. The van der Waals surface area contributed by atoms with Crippen LogP contribution in [0.25, 0.3) is 0 Å². The van der Waals surface area contributed by atoms with Gasteiger partial charge in [0.25, 0.3) is 0 Å². The van der Waals surface area contributed by atoms with Gasteiger partial charge in [-0.05, 0) is 100 Å². The predicted octanol–water partition coefficient (Wildman–Crippen LogP) is -1.27. The maximum Gasteiger partial charge on any atom is 0.335 e. The van der Waals surface area contributed by atoms with Crippen LogP contribution in [0.3, 0.4) is 0 Å². The Balaban J connectivity index is 1.05. The second-order valence-corrected chi connectivity index (χ2v) is 28.4. The molecule has 4 aliphatic heterocycles. The number of carboxylic acid groups (broad SMARTS) is 1. The smallest absolute Gasteiger partial charge is 0.335 e. The monoisotopic (exact) mass is 1270 g/mol. The number of aliphatic hydroxyl groups excluding tert-OH is 13. The van der Waals surface area contributed by atoms with E-state index in [2.05, 4.69) is 19.9 Å². The first-order valence-corrected chi connectivity index (χ1v) is 31.1. The predicted molar refractivity (Wildman–Crippen MR) is 303 cm³/mol. The fraction of sp³-hybridized carbons (Fsp3) is 0.855. The van der Waals surface area contributed by atoms with Crippen LogP contribution in [0, 0.1) is 50.2 Å². The lowest BCUT2D eigenvalue weighted by Crippen LogP contribution is -2.76. The van der Waals surface area contributed by atoms with Crippen molar-refractivity contribution >= 4 is 17.9 Å². The highest BCUT2D eigenvalue weighted by Gasteiger charge is 2.76. The molecule has 506 valence electrons. The summed E-state index contributed by atoms with van der Waals surface area (Å²) >= 11 is 0. The number of ether oxygens (including phenoxy) is 10. The molecule has 0 aromatic rings. The average molecular weight is 1270 g/mol. The minimum atomic E-state index is -2.24. The summed E-state index contributed by atoms with van der Waals surface area (Å²) in [5, 5.41) is 157. The van der Waals surface area contributed by atoms with Gasteiger partial charge in [0.1, 0.15) is 85.5 Å². The lowest BCUT2D eigenvalue weighted by molar-refractivity contribution is -0.399. The Labute approximate surface area is 517 Å². The van der Waals surface area contributed by atoms with Gasteiger partial charge in [0, 0.05) is 22.0 Å². The number of carbonyl (C=O) groups is 3. The second-order valence-electron chi connectivity index (χ2n) is 28.4. The van der Waals surface area contributed by atoms with E-state index >= 15 is 0 Å². The number of hydrogen-bond acceptors (Lipinski definition) is 26. The highest BCUT2D eigenvalue weighted by Crippen LogP contribution is 2.76. The molecule has 4 saturated heterocycles. The molecule has 5 aliphatic carbocycles. The molecule has 0 bridgehead atoms. The van der Waals surface area contributed by atoms with Crippen molar-refractivity contribution in [1.82, 2.24) is 0 Å². The zero-order chi connectivity index (χ0) is 65.7. The standard InChI is InChI=1S/C62H96O27/c1-12-25(3)51(78)88-48-49(89-52(79)26(4)13-2)62(24-64)28(20-57(48,5)6)27-14-15-33-59(9)18-17-34(58(7,8)32(59)16-19-60(33,10)61(27,11)46(74)47(62)75)83-56-45(87-54-40(72)38(70)37(69)31(21-63)82-54)42(41(73)43(85-56)50(76)77)84-55-44(36(68)30(66)23-81-55)86-53-39(71)35(67)29(65)22-80-53/h12-14,28-49,53-56,63-75H,15-24H2,1-11H3,(H,76,77)/b25-12+,26-13+/t28-,29+,30-,31+,32-,33+,34-,35-,36-,37-,38-,39+,40+,41-,42-,43-,44+,45+,46-,47+,48-,49-,53-,54+,55-,56?,59-,60+,61-,62-/m0/s1. The number of allylic oxidation sites excluding steroid dienone is 3. The van der Waals surface area contributed by atoms with Crippen LogP contribution in [0.5, 0.6) is 0 Å². The van der Waals surface area contributed by atoms with Gasteiger partial charge in [-0.2, -0.15) is 0 Å². The third-order valence-corrected chi connectivity index (χ3v) is 23.0. The maximum atomic E-state index is 13.9. The number of rotatable bonds is 15. The lowest BCUT2D eigenvalue weighted by atomic mass is 9.32. The SMILES string of the molecule is C/C=C(\C)C(=O)O[C@H]1[C@H](OC(=O)/C(C)=C/C)[C@]2(CO)[C@H](O)[C@H](O)[C@]3(C)C(=CC[C@@H]4[C@@]5(C)CC[C@H](OC6O[C@H](C(=O)O)[C@@H](O)[C@H](O[C@@H]7OC[C@H](O)[C@H](O)[C@H]7O[C@@H]7OC[C@@H](O)[C@H](O)[C@H]7O)[C@H]6O[C@H]6O[C@H](CO)[C@H](O)[C@H](O)[C@H]6O)C(C)(C)[C@@H]5CC[C@]43C)[C@@H]2CC1(C)C. The zero-order valence-electron chi connectivity index (χ0n) is 52.4. The first kappa shape index (κ1) is 70.1. The van der Waals surface area contributed by atoms with Gasteiger partial charge in [0.2, 0.25) is 0 Å². The topological polar surface area (TPSA) is 427 Å². The van der Waals surface area contributed by atoms with Crippen LogP contribution in [0.1, 0.15) is 115 Å². The fourth-order valence-electron chi connectivity index (χ4n) is 17.3. The molecular weight excluding hydrogens is 1180 g/mol. The van der Waals surface area contributed by atoms with Crippen molar-refractivity contribution in [3.8, 4) is 0 Å². The lowest BCUT2D eigenvalue weighted by Gasteiger charge is -2.73. The van der Waals surface area contributed by atoms with E-state index in [-0.39, 0.29) is 30.3 Å². The van der Waals surface area contributed by atoms with Crippen LogP contribution in [0.2, 0.25) is 0 Å². The van der Waals surface area contributed by atoms with E-state index in [0.29, 0.717) is 31.3 Å². The van der Waals surface area contributed by atoms with Crippen LogP contribution >= 0.6 is 0 Å². The van der Waals surface area contributed by atoms with Gasteiger partial charge in [-0.15, -0.1) is 0 Å². The Kier molecular flexibility index (Phi) is 20.4. The maximum absolute atomic E-state index is 13.9. The summed E-state index contributed by atoms with van der Waals surface area (Å²) in [5.41, 5.74) is -4.71. The molecule has 0 amide bonds. The largest absolute Gasteiger partial charge is 0.479 e. The average Bonchev–Trinajstić information content (AvgIpc) is 0.667. The van der Waals surface area contributed by atoms with E-state index in [1.165, 1.54) is 0 Å². The van der Waals surface area contributed by atoms with Gasteiger partial charge >= 0.3 is 17.9 Å². The Hall–Kier alpha value is -3.21. The summed E-state index contributed by atoms with van der Waals surface area (Å²) in [7, 11) is 0. The molecule has 0 aromatic heterocycles. The Bertz CT molecular complexity index is 2660. The molecule has 0 spiro atoms. The van der Waals surface area contributed by atoms with Crippen molar-refractivity contribution in [2.24, 2.45) is 50.2 Å². The number of esters is 2. The molecule has 14 N–H and O–H groups in total. The van der Waals surface area contributed by atoms with Crippen molar-refractivity contribution in [2.45, 2.75) is 256 Å². The van der Waals surface area contributed by atoms with Crippen LogP contribution in [0.15, 0.2) is 34.9 Å². The van der Waals surface area contributed by atoms with Crippen molar-refractivity contribution in [2.75, 3.05) is 26.4 Å². The number of carbonyl (C=O) groups excluding carboxylic acids is 2. The minimum absolute atomic E-state index is 0.197. The highest BCUT2D eigenvalue weighted by atomic mass is 16.8. The molecular formula is C62H96O27. The van der Waals surface area contributed by atoms with Crippen LogP contribution in [0.4, 0.5) is 0 Å². The molecule has 9 aliphatic rings. The molecule has 27 heteroatoms. The first-order chi connectivity index (χ1) is 41.6. The van der Waals surface area contributed by atoms with E-state index in [9.17, 15) is 85.9 Å². The van der Waals surface area contributed by atoms with E-state index in [1.807, 2.05) is 34.6 Å². The van der Waals surface area contributed by atoms with Crippen molar-refractivity contribution in [3.63, 3.8) is 0 Å². The summed E-state index contributed by atoms with van der Waals surface area (Å²) in [6, 6.07) is 0. The molecule has 4 heterocycles. The van der Waals surface area contributed by atoms with Crippen LogP contribution in [-0.4, -0.2) is 257 Å². The molecule has 1 unspecified atom stereocenters. The summed E-state index contributed by atoms with van der Waals surface area (Å²) in [4.78, 5) is 40.7. The summed E-state index contributed by atoms with van der Waals surface area (Å²) in [6.45, 7) is 17.7. The van der Waals surface area contributed by atoms with E-state index in [4.69, 9.17) is 47.4 Å². The molecule has 8 fully saturated rings. The number of aliphatic hydroxyl groups is 13. The van der Waals surface area contributed by atoms with Crippen molar-refractivity contribution < 1.29 is 133 Å². The first-order valence-electron chi connectivity index (χ1n) is 31.1. The van der Waals surface area contributed by atoms with Gasteiger partial charge in [0.05, 0.1) is 50.2 Å². The molecule has 0 radical (unpaired) electrons. The molecule has 9 rings (SSSR count). The van der Waals surface area contributed by atoms with Gasteiger partial charge in [-0.3, -0.25) is 0 Å². The molecule has 30 atom stereocenters. The van der Waals surface area contributed by atoms with Gasteiger partial charge in [-0.1, -0.05) is 72.3 Å². The van der Waals surface area contributed by atoms with E-state index in [0.717, 1.165) is 5.57 Å². The Morgan fingerprint density at radius 3 is 1.78 bits per heavy atom. The second kappa shape index (κ2) is 25.8. The van der Waals surface area contributed by atoms with Crippen molar-refractivity contribution in [3.05, 3.63) is 34.9 Å². The number of fused-ring (bicyclic) bond motifs is 7. The summed E-state index contributed by atoms with van der Waals surface area (Å²) < 4.78 is 61.2. The summed E-state index contributed by atoms with van der Waals surface area (Å²) in [5.74, 6) is -4.23. The number of aliphatic carboxylic acids is 1. The van der Waals surface area contributed by atoms with E-state index in [1.54, 1.807) is 39.8 Å². The van der Waals surface area contributed by atoms with Gasteiger partial charge in [0.15, 0.2) is 37.4 Å². The zero-order valence-corrected chi connectivity index (χ0v) is 52.4. The minimum Gasteiger partial charge on any atom is -0.479 e. The van der Waals surface area contributed by atoms with Crippen LogP contribution < -0.4 is 0 Å². The van der Waals surface area contributed by atoms with Crippen LogP contribution in [-0.2, 0) is 61.8 Å². The fourth-order valence-corrected chi connectivity index (χ4v) is 17.3. The number of carboxylic acids is 1. The molecule has 4 saturated carbocycles. The van der Waals surface area contributed by atoms with Gasteiger partial charge in [-0.25, -0.2) is 14.4 Å². The molecule has 0 aromatic carbocycles. The highest BCUT2D eigenvalue weighted by molar-refractivity contribution is 5.89. The molecule has 89 heavy (non-hydrogen) atoms. The number of hydrogen-bond donors (Lipinski definition) is 14. The van der Waals surface area contributed by atoms with E-state index < -0.39 is 224 Å². The summed E-state index contributed by atoms with van der Waals surface area (Å²) in [6.07, 6.45) is -33.0. The van der Waals surface area contributed by atoms with Gasteiger partial charge < -0.3 is 119 Å². The third-order valence-electron chi connectivity index (χ3n) is 23.0. The molecule has 27 nitrogen and oxygen atoms in total. The normalized spacial score (nSPS) is 49.8. The van der Waals surface area contributed by atoms with Crippen molar-refractivity contribution in [1.29, 1.82) is 0 Å². The quantitative estimate of drug-likeness (QED) is 0.0393. The Morgan fingerprint density at radius 2 is 1.18 bits per heavy atom. The Morgan fingerprint density at radius 1 is 0.607 bits per heavy atom.